The van der Waals surface area contributed by atoms with Gasteiger partial charge < -0.3 is 18.8 Å². The number of thiazole rings is 1. The van der Waals surface area contributed by atoms with Crippen LogP contribution >= 0.6 is 11.3 Å². The maximum atomic E-state index is 12.6. The normalized spacial score (nSPS) is 12.3. The van der Waals surface area contributed by atoms with Crippen LogP contribution in [0.15, 0.2) is 52.4 Å². The lowest BCUT2D eigenvalue weighted by Crippen LogP contribution is -2.20. The van der Waals surface area contributed by atoms with E-state index in [2.05, 4.69) is 4.99 Å². The topological polar surface area (TPSA) is 96.2 Å². The molecule has 0 aliphatic rings. The lowest BCUT2D eigenvalue weighted by atomic mass is 10.3. The van der Waals surface area contributed by atoms with Crippen molar-refractivity contribution in [1.82, 2.24) is 4.57 Å². The summed E-state index contributed by atoms with van der Waals surface area (Å²) in [6.07, 6.45) is 0.230. The Morgan fingerprint density at radius 3 is 2.47 bits per heavy atom. The number of carbonyl (C=O) groups is 1. The summed E-state index contributed by atoms with van der Waals surface area (Å²) in [5.41, 5.74) is 0.946. The first kappa shape index (κ1) is 25.9. The quantitative estimate of drug-likeness (QED) is 0.347. The van der Waals surface area contributed by atoms with Crippen molar-refractivity contribution in [3.8, 4) is 11.5 Å². The van der Waals surface area contributed by atoms with Crippen molar-refractivity contribution >= 4 is 37.3 Å². The summed E-state index contributed by atoms with van der Waals surface area (Å²) in [6.45, 7) is 6.08. The highest BCUT2D eigenvalue weighted by atomic mass is 32.2. The van der Waals surface area contributed by atoms with Gasteiger partial charge >= 0.3 is 0 Å². The minimum absolute atomic E-state index is 0.0410. The first-order valence-corrected chi connectivity index (χ1v) is 13.6. The van der Waals surface area contributed by atoms with Crippen molar-refractivity contribution in [2.75, 3.05) is 32.7 Å². The number of methoxy groups -OCH3 is 1. The first-order chi connectivity index (χ1) is 16.4. The fraction of sp³-hybridized carbons (Fsp3) is 0.417. The second kappa shape index (κ2) is 12.1. The minimum Gasteiger partial charge on any atom is -0.497 e. The molecule has 34 heavy (non-hydrogen) atoms. The molecule has 0 saturated heterocycles. The molecule has 3 rings (SSSR count). The third-order valence-corrected chi connectivity index (χ3v) is 7.93. The molecule has 1 aromatic heterocycles. The van der Waals surface area contributed by atoms with E-state index in [0.29, 0.717) is 36.9 Å². The van der Waals surface area contributed by atoms with Crippen molar-refractivity contribution in [2.45, 2.75) is 38.1 Å². The molecule has 184 valence electrons. The zero-order valence-electron chi connectivity index (χ0n) is 19.7. The predicted molar refractivity (Wildman–Crippen MR) is 132 cm³/mol. The van der Waals surface area contributed by atoms with Crippen molar-refractivity contribution in [2.24, 2.45) is 4.99 Å². The highest BCUT2D eigenvalue weighted by Gasteiger charge is 2.16. The molecule has 0 N–H and O–H groups in total. The number of hydrogen-bond donors (Lipinski definition) is 0. The molecule has 3 aromatic rings. The Morgan fingerprint density at radius 1 is 1.06 bits per heavy atom. The number of rotatable bonds is 12. The fourth-order valence-corrected chi connectivity index (χ4v) is 5.80. The number of nitrogens with zero attached hydrogens (tertiary/aromatic N) is 2. The number of aromatic nitrogens is 1. The van der Waals surface area contributed by atoms with E-state index in [1.807, 2.05) is 36.6 Å². The van der Waals surface area contributed by atoms with Gasteiger partial charge in [-0.15, -0.1) is 0 Å². The van der Waals surface area contributed by atoms with Gasteiger partial charge in [0.15, 0.2) is 14.6 Å². The average Bonchev–Trinajstić information content (AvgIpc) is 3.15. The van der Waals surface area contributed by atoms with Crippen molar-refractivity contribution in [3.63, 3.8) is 0 Å². The number of ether oxygens (including phenoxy) is 3. The van der Waals surface area contributed by atoms with Crippen molar-refractivity contribution in [3.05, 3.63) is 47.3 Å². The first-order valence-electron chi connectivity index (χ1n) is 11.2. The van der Waals surface area contributed by atoms with E-state index in [-0.39, 0.29) is 29.4 Å². The SMILES string of the molecule is CCOCCn1c(=NC(=O)CCCS(=O)(=O)c2ccc(OC)cc2)sc2cc(OCC)ccc21. The average molecular weight is 507 g/mol. The molecule has 0 fully saturated rings. The summed E-state index contributed by atoms with van der Waals surface area (Å²) in [5.74, 6) is 0.860. The van der Waals surface area contributed by atoms with Gasteiger partial charge in [-0.3, -0.25) is 4.79 Å². The lowest BCUT2D eigenvalue weighted by Gasteiger charge is -2.07. The molecule has 1 amide bonds. The minimum atomic E-state index is -3.49. The lowest BCUT2D eigenvalue weighted by molar-refractivity contribution is -0.118. The largest absolute Gasteiger partial charge is 0.497 e. The van der Waals surface area contributed by atoms with Crippen molar-refractivity contribution in [1.29, 1.82) is 0 Å². The Hall–Kier alpha value is -2.69. The molecule has 0 bridgehead atoms. The van der Waals surface area contributed by atoms with E-state index in [1.54, 1.807) is 12.1 Å². The van der Waals surface area contributed by atoms with E-state index < -0.39 is 9.84 Å². The van der Waals surface area contributed by atoms with Gasteiger partial charge in [-0.2, -0.15) is 4.99 Å². The Kier molecular flexibility index (Phi) is 9.26. The summed E-state index contributed by atoms with van der Waals surface area (Å²) in [6, 6.07) is 12.0. The molecule has 0 aliphatic heterocycles. The highest BCUT2D eigenvalue weighted by molar-refractivity contribution is 7.91. The van der Waals surface area contributed by atoms with E-state index in [9.17, 15) is 13.2 Å². The number of benzene rings is 2. The molecule has 0 radical (unpaired) electrons. The third kappa shape index (κ3) is 6.68. The van der Waals surface area contributed by atoms with Gasteiger partial charge in [0.05, 0.1) is 41.2 Å². The molecular formula is C24H30N2O6S2. The summed E-state index contributed by atoms with van der Waals surface area (Å²) in [7, 11) is -1.97. The van der Waals surface area contributed by atoms with Gasteiger partial charge in [-0.25, -0.2) is 8.42 Å². The van der Waals surface area contributed by atoms with E-state index in [1.165, 1.54) is 30.6 Å². The predicted octanol–water partition coefficient (Wildman–Crippen LogP) is 3.83. The third-order valence-electron chi connectivity index (χ3n) is 5.07. The van der Waals surface area contributed by atoms with Crippen LogP contribution in [0.3, 0.4) is 0 Å². The molecule has 0 atom stereocenters. The molecule has 0 unspecified atom stereocenters. The Bertz CT molecular complexity index is 1280. The van der Waals surface area contributed by atoms with Crippen LogP contribution in [0.1, 0.15) is 26.7 Å². The van der Waals surface area contributed by atoms with Crippen LogP contribution < -0.4 is 14.3 Å². The van der Waals surface area contributed by atoms with Gasteiger partial charge in [0.1, 0.15) is 11.5 Å². The molecule has 10 heteroatoms. The monoisotopic (exact) mass is 506 g/mol. The van der Waals surface area contributed by atoms with Crippen molar-refractivity contribution < 1.29 is 27.4 Å². The van der Waals surface area contributed by atoms with E-state index in [0.717, 1.165) is 16.0 Å². The number of hydrogen-bond acceptors (Lipinski definition) is 7. The van der Waals surface area contributed by atoms with Crippen LogP contribution in [-0.4, -0.2) is 51.6 Å². The van der Waals surface area contributed by atoms with Gasteiger partial charge in [0, 0.05) is 19.6 Å². The highest BCUT2D eigenvalue weighted by Crippen LogP contribution is 2.23. The molecule has 8 nitrogen and oxygen atoms in total. The van der Waals surface area contributed by atoms with Gasteiger partial charge in [-0.1, -0.05) is 11.3 Å². The second-order valence-corrected chi connectivity index (χ2v) is 10.5. The summed E-state index contributed by atoms with van der Waals surface area (Å²) in [4.78, 5) is 17.7. The van der Waals surface area contributed by atoms with Gasteiger partial charge in [0.2, 0.25) is 5.91 Å². The summed E-state index contributed by atoms with van der Waals surface area (Å²) < 4.78 is 44.2. The second-order valence-electron chi connectivity index (χ2n) is 7.40. The van der Waals surface area contributed by atoms with Crippen LogP contribution in [0.25, 0.3) is 10.2 Å². The summed E-state index contributed by atoms with van der Waals surface area (Å²) in [5, 5.41) is 0. The number of sulfone groups is 1. The number of amides is 1. The van der Waals surface area contributed by atoms with Crippen LogP contribution in [0.4, 0.5) is 0 Å². The molecule has 0 aliphatic carbocycles. The number of fused-ring (bicyclic) bond motifs is 1. The van der Waals surface area contributed by atoms with E-state index >= 15 is 0 Å². The molecular weight excluding hydrogens is 476 g/mol. The maximum Gasteiger partial charge on any atom is 0.248 e. The Morgan fingerprint density at radius 2 is 1.79 bits per heavy atom. The van der Waals surface area contributed by atoms with Crippen LogP contribution in [-0.2, 0) is 25.9 Å². The van der Waals surface area contributed by atoms with Crippen LogP contribution in [0, 0.1) is 0 Å². The van der Waals surface area contributed by atoms with Gasteiger partial charge in [-0.05, 0) is 62.7 Å². The Balaban J connectivity index is 1.74. The summed E-state index contributed by atoms with van der Waals surface area (Å²) >= 11 is 1.40. The standard InChI is InChI=1S/C24H30N2O6S2/c1-4-31-15-14-26-21-13-10-19(32-5-2)17-22(21)33-24(26)25-23(27)7-6-16-34(28,29)20-11-8-18(30-3)9-12-20/h8-13,17H,4-7,14-16H2,1-3H3. The molecule has 2 aromatic carbocycles. The molecule has 1 heterocycles. The van der Waals surface area contributed by atoms with E-state index in [4.69, 9.17) is 14.2 Å². The van der Waals surface area contributed by atoms with Crippen LogP contribution in [0.2, 0.25) is 0 Å². The fourth-order valence-electron chi connectivity index (χ4n) is 3.39. The smallest absolute Gasteiger partial charge is 0.248 e. The zero-order chi connectivity index (χ0) is 24.6. The number of carbonyl (C=O) groups excluding carboxylic acids is 1. The maximum absolute atomic E-state index is 12.6. The zero-order valence-corrected chi connectivity index (χ0v) is 21.3. The Labute approximate surface area is 203 Å². The molecule has 0 saturated carbocycles. The molecule has 0 spiro atoms. The van der Waals surface area contributed by atoms with Gasteiger partial charge in [0.25, 0.3) is 0 Å². The van der Waals surface area contributed by atoms with Crippen LogP contribution in [0.5, 0.6) is 11.5 Å².